The Labute approximate surface area is 198 Å². The van der Waals surface area contributed by atoms with E-state index in [2.05, 4.69) is 35.0 Å². The number of H-pyrrole nitrogens is 1. The number of nitrogens with one attached hydrogen (secondary N) is 3. The summed E-state index contributed by atoms with van der Waals surface area (Å²) in [5, 5.41) is 2.65. The number of aromatic nitrogens is 5. The van der Waals surface area contributed by atoms with Gasteiger partial charge in [-0.1, -0.05) is 17.7 Å². The Kier molecular flexibility index (Phi) is 5.57. The number of rotatable bonds is 6. The number of benzene rings is 2. The van der Waals surface area contributed by atoms with Gasteiger partial charge in [-0.05, 0) is 43.3 Å². The van der Waals surface area contributed by atoms with Gasteiger partial charge in [-0.2, -0.15) is 0 Å². The molecule has 0 aliphatic heterocycles. The molecule has 0 bridgehead atoms. The van der Waals surface area contributed by atoms with Crippen LogP contribution in [-0.2, 0) is 10.0 Å². The van der Waals surface area contributed by atoms with Gasteiger partial charge in [0.15, 0.2) is 11.5 Å². The van der Waals surface area contributed by atoms with Crippen LogP contribution in [0.4, 0.5) is 26.0 Å². The predicted octanol–water partition coefficient (Wildman–Crippen LogP) is 4.55. The first-order valence-corrected chi connectivity index (χ1v) is 11.8. The number of pyridine rings is 1. The number of aryl methyl sites for hydroxylation is 1. The Balaban J connectivity index is 1.53. The third-order valence-corrected chi connectivity index (χ3v) is 6.58. The zero-order chi connectivity index (χ0) is 24.6. The first-order valence-electron chi connectivity index (χ1n) is 10.3. The van der Waals surface area contributed by atoms with Crippen molar-refractivity contribution >= 4 is 38.4 Å². The molecule has 5 rings (SSSR count). The maximum absolute atomic E-state index is 15.4. The molecule has 0 aliphatic rings. The summed E-state index contributed by atoms with van der Waals surface area (Å²) in [4.78, 5) is 19.5. The molecule has 176 valence electrons. The van der Waals surface area contributed by atoms with Gasteiger partial charge in [0.05, 0.1) is 16.9 Å². The lowest BCUT2D eigenvalue weighted by Gasteiger charge is -2.15. The number of hydrogen-bond donors (Lipinski definition) is 3. The van der Waals surface area contributed by atoms with Gasteiger partial charge in [-0.25, -0.2) is 37.1 Å². The molecule has 3 aromatic heterocycles. The van der Waals surface area contributed by atoms with E-state index >= 15 is 4.39 Å². The zero-order valence-corrected chi connectivity index (χ0v) is 18.9. The van der Waals surface area contributed by atoms with Gasteiger partial charge in [0.2, 0.25) is 0 Å². The molecule has 0 spiro atoms. The van der Waals surface area contributed by atoms with Crippen molar-refractivity contribution in [1.29, 1.82) is 0 Å². The molecule has 0 saturated heterocycles. The molecule has 35 heavy (non-hydrogen) atoms. The van der Waals surface area contributed by atoms with Crippen LogP contribution in [0, 0.1) is 18.6 Å². The standard InChI is InChI=1S/C23H17F2N7O2S/c1-13-4-6-14(7-5-13)35(33,34)32-17-9-8-16(24)20(18(17)25)31-22-15(3-2-10-26-22)19-21-23(29-11-27-19)30-12-28-21/h2-12,32H,1H3,(H,26,31)(H,27,28,29,30). The van der Waals surface area contributed by atoms with Gasteiger partial charge in [0.1, 0.15) is 34.9 Å². The molecule has 0 aliphatic carbocycles. The van der Waals surface area contributed by atoms with E-state index in [9.17, 15) is 12.8 Å². The van der Waals surface area contributed by atoms with Crippen molar-refractivity contribution < 1.29 is 17.2 Å². The van der Waals surface area contributed by atoms with E-state index in [0.29, 0.717) is 22.4 Å². The van der Waals surface area contributed by atoms with E-state index in [1.54, 1.807) is 24.3 Å². The van der Waals surface area contributed by atoms with Crippen LogP contribution < -0.4 is 10.0 Å². The minimum atomic E-state index is -4.11. The fourth-order valence-corrected chi connectivity index (χ4v) is 4.51. The van der Waals surface area contributed by atoms with Crippen LogP contribution in [0.25, 0.3) is 22.4 Å². The molecule has 0 amide bonds. The second-order valence-corrected chi connectivity index (χ2v) is 9.23. The summed E-state index contributed by atoms with van der Waals surface area (Å²) in [6, 6.07) is 11.3. The summed E-state index contributed by atoms with van der Waals surface area (Å²) in [5.41, 5.74) is 1.63. The van der Waals surface area contributed by atoms with E-state index in [-0.39, 0.29) is 10.7 Å². The number of aromatic amines is 1. The second-order valence-electron chi connectivity index (χ2n) is 7.55. The van der Waals surface area contributed by atoms with Crippen molar-refractivity contribution in [1.82, 2.24) is 24.9 Å². The highest BCUT2D eigenvalue weighted by atomic mass is 32.2. The third-order valence-electron chi connectivity index (χ3n) is 5.20. The predicted molar refractivity (Wildman–Crippen MR) is 127 cm³/mol. The Morgan fingerprint density at radius 1 is 0.943 bits per heavy atom. The van der Waals surface area contributed by atoms with Crippen LogP contribution in [0.1, 0.15) is 5.56 Å². The fourth-order valence-electron chi connectivity index (χ4n) is 3.45. The number of imidazole rings is 1. The highest BCUT2D eigenvalue weighted by Gasteiger charge is 2.22. The van der Waals surface area contributed by atoms with Crippen LogP contribution >= 0.6 is 0 Å². The van der Waals surface area contributed by atoms with E-state index in [0.717, 1.165) is 17.7 Å². The van der Waals surface area contributed by atoms with E-state index in [1.165, 1.54) is 31.0 Å². The van der Waals surface area contributed by atoms with E-state index in [4.69, 9.17) is 0 Å². The summed E-state index contributed by atoms with van der Waals surface area (Å²) < 4.78 is 57.7. The van der Waals surface area contributed by atoms with Crippen molar-refractivity contribution in [3.05, 3.63) is 84.6 Å². The van der Waals surface area contributed by atoms with Gasteiger partial charge in [-0.15, -0.1) is 0 Å². The van der Waals surface area contributed by atoms with Crippen molar-refractivity contribution in [2.24, 2.45) is 0 Å². The average molecular weight is 493 g/mol. The molecule has 0 radical (unpaired) electrons. The topological polar surface area (TPSA) is 126 Å². The van der Waals surface area contributed by atoms with Gasteiger partial charge < -0.3 is 10.3 Å². The SMILES string of the molecule is Cc1ccc(S(=O)(=O)Nc2ccc(F)c(Nc3ncccc3-c3ncnc4nc[nH]c34)c2F)cc1. The molecule has 0 unspecified atom stereocenters. The quantitative estimate of drug-likeness (QED) is 0.317. The number of fused-ring (bicyclic) bond motifs is 1. The molecule has 0 fully saturated rings. The normalized spacial score (nSPS) is 11.5. The second kappa shape index (κ2) is 8.72. The lowest BCUT2D eigenvalue weighted by atomic mass is 10.1. The van der Waals surface area contributed by atoms with Crippen molar-refractivity contribution in [3.8, 4) is 11.3 Å². The smallest absolute Gasteiger partial charge is 0.261 e. The lowest BCUT2D eigenvalue weighted by Crippen LogP contribution is -2.15. The summed E-state index contributed by atoms with van der Waals surface area (Å²) in [6.45, 7) is 1.81. The Morgan fingerprint density at radius 2 is 1.74 bits per heavy atom. The number of halogens is 2. The highest BCUT2D eigenvalue weighted by Crippen LogP contribution is 2.34. The Morgan fingerprint density at radius 3 is 2.54 bits per heavy atom. The molecular formula is C23H17F2N7O2S. The van der Waals surface area contributed by atoms with Crippen LogP contribution in [0.2, 0.25) is 0 Å². The first-order chi connectivity index (χ1) is 16.8. The Hall–Kier alpha value is -4.45. The third kappa shape index (κ3) is 4.26. The summed E-state index contributed by atoms with van der Waals surface area (Å²) in [5.74, 6) is -1.98. The first kappa shape index (κ1) is 22.3. The molecule has 9 nitrogen and oxygen atoms in total. The van der Waals surface area contributed by atoms with Gasteiger partial charge in [-0.3, -0.25) is 4.72 Å². The molecular weight excluding hydrogens is 476 g/mol. The molecule has 3 N–H and O–H groups in total. The van der Waals surface area contributed by atoms with Crippen LogP contribution in [0.3, 0.4) is 0 Å². The monoisotopic (exact) mass is 493 g/mol. The fraction of sp³-hybridized carbons (Fsp3) is 0.0435. The lowest BCUT2D eigenvalue weighted by molar-refractivity contribution is 0.588. The summed E-state index contributed by atoms with van der Waals surface area (Å²) in [7, 11) is -4.11. The maximum Gasteiger partial charge on any atom is 0.261 e. The molecule has 3 heterocycles. The van der Waals surface area contributed by atoms with Crippen LogP contribution in [0.15, 0.2) is 72.3 Å². The highest BCUT2D eigenvalue weighted by molar-refractivity contribution is 7.92. The minimum absolute atomic E-state index is 0.0549. The largest absolute Gasteiger partial charge is 0.341 e. The maximum atomic E-state index is 15.4. The van der Waals surface area contributed by atoms with Gasteiger partial charge >= 0.3 is 0 Å². The number of nitrogens with zero attached hydrogens (tertiary/aromatic N) is 4. The number of hydrogen-bond acceptors (Lipinski definition) is 7. The average Bonchev–Trinajstić information content (AvgIpc) is 3.33. The van der Waals surface area contributed by atoms with Gasteiger partial charge in [0, 0.05) is 11.8 Å². The molecule has 2 aromatic carbocycles. The van der Waals surface area contributed by atoms with Crippen molar-refractivity contribution in [2.75, 3.05) is 10.0 Å². The zero-order valence-electron chi connectivity index (χ0n) is 18.1. The molecule has 12 heteroatoms. The van der Waals surface area contributed by atoms with Crippen LogP contribution in [0.5, 0.6) is 0 Å². The summed E-state index contributed by atoms with van der Waals surface area (Å²) >= 11 is 0. The minimum Gasteiger partial charge on any atom is -0.341 e. The van der Waals surface area contributed by atoms with Gasteiger partial charge in [0.25, 0.3) is 10.0 Å². The van der Waals surface area contributed by atoms with Crippen molar-refractivity contribution in [2.45, 2.75) is 11.8 Å². The Bertz CT molecular complexity index is 1650. The molecule has 0 saturated carbocycles. The number of sulfonamides is 1. The molecule has 0 atom stereocenters. The van der Waals surface area contributed by atoms with E-state index in [1.807, 2.05) is 6.92 Å². The van der Waals surface area contributed by atoms with E-state index < -0.39 is 33.0 Å². The molecule has 5 aromatic rings. The van der Waals surface area contributed by atoms with Crippen molar-refractivity contribution in [3.63, 3.8) is 0 Å². The summed E-state index contributed by atoms with van der Waals surface area (Å²) in [6.07, 6.45) is 4.21. The number of anilines is 3. The van der Waals surface area contributed by atoms with Crippen LogP contribution in [-0.4, -0.2) is 33.3 Å².